The van der Waals surface area contributed by atoms with Gasteiger partial charge in [0, 0.05) is 0 Å². The van der Waals surface area contributed by atoms with Crippen LogP contribution in [0.1, 0.15) is 17.0 Å². The van der Waals surface area contributed by atoms with Gasteiger partial charge < -0.3 is 20.2 Å². The summed E-state index contributed by atoms with van der Waals surface area (Å²) in [6.45, 7) is 3.07. The number of carbonyl (C=O) groups excluding carboxylic acids is 2. The standard InChI is InChI=1S/C12H14N2O5/c1-2-4-8(12(17)18)14-10(15)7-13-11(16)9-5-3-6-19-9/h2-3,5-6,8H,1,4,7H2,(H,13,16)(H,14,15)(H,17,18). The quantitative estimate of drug-likeness (QED) is 0.609. The lowest BCUT2D eigenvalue weighted by molar-refractivity contribution is -0.141. The maximum Gasteiger partial charge on any atom is 0.326 e. The normalized spacial score (nSPS) is 11.4. The van der Waals surface area contributed by atoms with Crippen LogP contribution in [0.4, 0.5) is 0 Å². The van der Waals surface area contributed by atoms with Crippen LogP contribution in [0, 0.1) is 0 Å². The van der Waals surface area contributed by atoms with Crippen LogP contribution in [0.15, 0.2) is 35.5 Å². The highest BCUT2D eigenvalue weighted by Gasteiger charge is 2.18. The van der Waals surface area contributed by atoms with Gasteiger partial charge in [-0.2, -0.15) is 0 Å². The van der Waals surface area contributed by atoms with Crippen molar-refractivity contribution in [1.29, 1.82) is 0 Å². The lowest BCUT2D eigenvalue weighted by atomic mass is 10.2. The highest BCUT2D eigenvalue weighted by Crippen LogP contribution is 1.98. The van der Waals surface area contributed by atoms with Gasteiger partial charge in [-0.1, -0.05) is 6.08 Å². The fourth-order valence-corrected chi connectivity index (χ4v) is 1.29. The molecule has 1 unspecified atom stereocenters. The Morgan fingerprint density at radius 2 is 2.21 bits per heavy atom. The van der Waals surface area contributed by atoms with Crippen molar-refractivity contribution in [2.75, 3.05) is 6.54 Å². The van der Waals surface area contributed by atoms with Gasteiger partial charge in [0.05, 0.1) is 12.8 Å². The molecule has 0 aliphatic rings. The van der Waals surface area contributed by atoms with Crippen LogP contribution in [0.2, 0.25) is 0 Å². The Bertz CT molecular complexity index is 466. The topological polar surface area (TPSA) is 109 Å². The average Bonchev–Trinajstić information content (AvgIpc) is 2.89. The van der Waals surface area contributed by atoms with Crippen LogP contribution in [0.5, 0.6) is 0 Å². The van der Waals surface area contributed by atoms with Gasteiger partial charge in [0.25, 0.3) is 5.91 Å². The van der Waals surface area contributed by atoms with Crippen molar-refractivity contribution in [1.82, 2.24) is 10.6 Å². The van der Waals surface area contributed by atoms with Gasteiger partial charge >= 0.3 is 5.97 Å². The van der Waals surface area contributed by atoms with E-state index >= 15 is 0 Å². The van der Waals surface area contributed by atoms with Crippen LogP contribution < -0.4 is 10.6 Å². The van der Waals surface area contributed by atoms with E-state index in [9.17, 15) is 14.4 Å². The molecule has 0 bridgehead atoms. The second-order valence-corrected chi connectivity index (χ2v) is 3.64. The third-order valence-electron chi connectivity index (χ3n) is 2.19. The van der Waals surface area contributed by atoms with E-state index in [1.807, 2.05) is 0 Å². The monoisotopic (exact) mass is 266 g/mol. The van der Waals surface area contributed by atoms with Gasteiger partial charge in [-0.25, -0.2) is 4.79 Å². The molecule has 0 aromatic carbocycles. The Kier molecular flexibility index (Phi) is 5.34. The Labute approximate surface area is 109 Å². The highest BCUT2D eigenvalue weighted by atomic mass is 16.4. The highest BCUT2D eigenvalue weighted by molar-refractivity contribution is 5.94. The van der Waals surface area contributed by atoms with Crippen molar-refractivity contribution < 1.29 is 23.9 Å². The summed E-state index contributed by atoms with van der Waals surface area (Å²) in [7, 11) is 0. The number of furan rings is 1. The van der Waals surface area contributed by atoms with Crippen LogP contribution in [0.3, 0.4) is 0 Å². The van der Waals surface area contributed by atoms with E-state index in [1.54, 1.807) is 6.07 Å². The molecule has 19 heavy (non-hydrogen) atoms. The van der Waals surface area contributed by atoms with E-state index in [4.69, 9.17) is 9.52 Å². The molecule has 1 aromatic heterocycles. The predicted octanol–water partition coefficient (Wildman–Crippen LogP) is 0.155. The Hall–Kier alpha value is -2.57. The first-order chi connectivity index (χ1) is 9.04. The maximum absolute atomic E-state index is 11.5. The Balaban J connectivity index is 2.40. The summed E-state index contributed by atoms with van der Waals surface area (Å²) in [4.78, 5) is 33.7. The number of carbonyl (C=O) groups is 3. The minimum absolute atomic E-state index is 0.0775. The molecular weight excluding hydrogens is 252 g/mol. The Morgan fingerprint density at radius 1 is 1.47 bits per heavy atom. The molecule has 0 saturated heterocycles. The van der Waals surface area contributed by atoms with Gasteiger partial charge in [-0.3, -0.25) is 9.59 Å². The SMILES string of the molecule is C=CCC(NC(=O)CNC(=O)c1ccco1)C(=O)O. The number of amides is 2. The summed E-state index contributed by atoms with van der Waals surface area (Å²) in [6, 6.07) is 1.94. The van der Waals surface area contributed by atoms with E-state index < -0.39 is 23.8 Å². The molecule has 0 saturated carbocycles. The summed E-state index contributed by atoms with van der Waals surface area (Å²) >= 11 is 0. The molecule has 1 rings (SSSR count). The van der Waals surface area contributed by atoms with Crippen molar-refractivity contribution in [3.05, 3.63) is 36.8 Å². The molecule has 7 heteroatoms. The predicted molar refractivity (Wildman–Crippen MR) is 65.4 cm³/mol. The largest absolute Gasteiger partial charge is 0.480 e. The lowest BCUT2D eigenvalue weighted by Gasteiger charge is -2.12. The molecular formula is C12H14N2O5. The average molecular weight is 266 g/mol. The third-order valence-corrected chi connectivity index (χ3v) is 2.19. The van der Waals surface area contributed by atoms with Gasteiger partial charge in [-0.05, 0) is 18.6 Å². The maximum atomic E-state index is 11.5. The molecule has 1 aromatic rings. The number of rotatable bonds is 7. The van der Waals surface area contributed by atoms with Crippen LogP contribution in [-0.4, -0.2) is 35.5 Å². The van der Waals surface area contributed by atoms with Crippen LogP contribution in [-0.2, 0) is 9.59 Å². The van der Waals surface area contributed by atoms with E-state index in [0.717, 1.165) is 0 Å². The van der Waals surface area contributed by atoms with E-state index in [2.05, 4.69) is 17.2 Å². The zero-order valence-electron chi connectivity index (χ0n) is 10.1. The zero-order chi connectivity index (χ0) is 14.3. The van der Waals surface area contributed by atoms with E-state index in [-0.39, 0.29) is 18.7 Å². The fourth-order valence-electron chi connectivity index (χ4n) is 1.29. The van der Waals surface area contributed by atoms with Crippen LogP contribution in [0.25, 0.3) is 0 Å². The number of carboxylic acid groups (broad SMARTS) is 1. The Morgan fingerprint density at radius 3 is 2.74 bits per heavy atom. The van der Waals surface area contributed by atoms with Crippen molar-refractivity contribution in [2.24, 2.45) is 0 Å². The summed E-state index contributed by atoms with van der Waals surface area (Å²) < 4.78 is 4.83. The summed E-state index contributed by atoms with van der Waals surface area (Å²) in [5.74, 6) is -2.23. The number of nitrogens with one attached hydrogen (secondary N) is 2. The minimum Gasteiger partial charge on any atom is -0.480 e. The van der Waals surface area contributed by atoms with Gasteiger partial charge in [0.15, 0.2) is 5.76 Å². The van der Waals surface area contributed by atoms with Crippen molar-refractivity contribution >= 4 is 17.8 Å². The lowest BCUT2D eigenvalue weighted by Crippen LogP contribution is -2.45. The third kappa shape index (κ3) is 4.66. The molecule has 0 aliphatic heterocycles. The number of hydrogen-bond donors (Lipinski definition) is 3. The van der Waals surface area contributed by atoms with E-state index in [1.165, 1.54) is 18.4 Å². The molecule has 0 fully saturated rings. The van der Waals surface area contributed by atoms with Crippen LogP contribution >= 0.6 is 0 Å². The molecule has 102 valence electrons. The molecule has 0 spiro atoms. The molecule has 1 heterocycles. The first kappa shape index (κ1) is 14.5. The molecule has 7 nitrogen and oxygen atoms in total. The molecule has 2 amide bonds. The summed E-state index contributed by atoms with van der Waals surface area (Å²) in [5.41, 5.74) is 0. The van der Waals surface area contributed by atoms with Gasteiger partial charge in [0.2, 0.25) is 5.91 Å². The van der Waals surface area contributed by atoms with Gasteiger partial charge in [-0.15, -0.1) is 6.58 Å². The number of hydrogen-bond acceptors (Lipinski definition) is 4. The molecule has 0 aliphatic carbocycles. The van der Waals surface area contributed by atoms with Gasteiger partial charge in [0.1, 0.15) is 6.04 Å². The summed E-state index contributed by atoms with van der Waals surface area (Å²) in [6.07, 6.45) is 2.83. The fraction of sp³-hybridized carbons (Fsp3) is 0.250. The molecule has 0 radical (unpaired) electrons. The molecule has 1 atom stereocenters. The zero-order valence-corrected chi connectivity index (χ0v) is 10.1. The summed E-state index contributed by atoms with van der Waals surface area (Å²) in [5, 5.41) is 13.4. The van der Waals surface area contributed by atoms with E-state index in [0.29, 0.717) is 0 Å². The number of aliphatic carboxylic acids is 1. The van der Waals surface area contributed by atoms with Crippen molar-refractivity contribution in [3.8, 4) is 0 Å². The second-order valence-electron chi connectivity index (χ2n) is 3.64. The molecule has 3 N–H and O–H groups in total. The minimum atomic E-state index is -1.16. The first-order valence-electron chi connectivity index (χ1n) is 5.49. The number of carboxylic acids is 1. The smallest absolute Gasteiger partial charge is 0.326 e. The van der Waals surface area contributed by atoms with Crippen molar-refractivity contribution in [3.63, 3.8) is 0 Å². The first-order valence-corrected chi connectivity index (χ1v) is 5.49. The van der Waals surface area contributed by atoms with Crippen molar-refractivity contribution in [2.45, 2.75) is 12.5 Å². The second kappa shape index (κ2) is 7.00.